The largest absolute Gasteiger partial charge is 0.457 e. The number of aryl methyl sites for hydroxylation is 1. The molecule has 0 spiro atoms. The summed E-state index contributed by atoms with van der Waals surface area (Å²) in [5.41, 5.74) is 4.00. The summed E-state index contributed by atoms with van der Waals surface area (Å²) in [6, 6.07) is 23.1. The molecule has 3 aromatic carbocycles. The quantitative estimate of drug-likeness (QED) is 0.692. The molecule has 2 N–H and O–H groups in total. The fraction of sp³-hybridized carbons (Fsp3) is 0.208. The SMILES string of the molecule is O=C(Cc1ccc(Oc2ccccc2)cc1)Nc1cccc2c1CC(O)CC2. The second-order valence-electron chi connectivity index (χ2n) is 7.12. The van der Waals surface area contributed by atoms with E-state index in [4.69, 9.17) is 4.74 Å². The number of amides is 1. The van der Waals surface area contributed by atoms with Crippen LogP contribution in [0.1, 0.15) is 23.1 Å². The molecule has 0 aliphatic heterocycles. The van der Waals surface area contributed by atoms with Crippen molar-refractivity contribution < 1.29 is 14.6 Å². The highest BCUT2D eigenvalue weighted by atomic mass is 16.5. The van der Waals surface area contributed by atoms with Crippen molar-refractivity contribution in [1.82, 2.24) is 0 Å². The van der Waals surface area contributed by atoms with Crippen molar-refractivity contribution in [1.29, 1.82) is 0 Å². The zero-order valence-electron chi connectivity index (χ0n) is 15.6. The van der Waals surface area contributed by atoms with Gasteiger partial charge in [-0.2, -0.15) is 0 Å². The molecule has 1 aliphatic rings. The van der Waals surface area contributed by atoms with Crippen molar-refractivity contribution in [2.75, 3.05) is 5.32 Å². The number of aliphatic hydroxyl groups is 1. The van der Waals surface area contributed by atoms with E-state index < -0.39 is 0 Å². The summed E-state index contributed by atoms with van der Waals surface area (Å²) in [7, 11) is 0. The van der Waals surface area contributed by atoms with Gasteiger partial charge in [0.05, 0.1) is 12.5 Å². The first-order valence-electron chi connectivity index (χ1n) is 9.58. The fourth-order valence-electron chi connectivity index (χ4n) is 3.57. The van der Waals surface area contributed by atoms with Crippen LogP contribution in [-0.4, -0.2) is 17.1 Å². The predicted octanol–water partition coefficient (Wildman–Crippen LogP) is 4.51. The van der Waals surface area contributed by atoms with Crippen molar-refractivity contribution in [3.05, 3.63) is 89.5 Å². The number of rotatable bonds is 5. The molecule has 4 nitrogen and oxygen atoms in total. The molecule has 0 radical (unpaired) electrons. The zero-order valence-corrected chi connectivity index (χ0v) is 15.6. The van der Waals surface area contributed by atoms with Crippen LogP contribution in [0.5, 0.6) is 11.5 Å². The Kier molecular flexibility index (Phi) is 5.40. The molecule has 4 rings (SSSR count). The van der Waals surface area contributed by atoms with E-state index in [9.17, 15) is 9.90 Å². The first kappa shape index (κ1) is 18.3. The molecule has 0 aromatic heterocycles. The smallest absolute Gasteiger partial charge is 0.228 e. The van der Waals surface area contributed by atoms with Crippen LogP contribution in [0.4, 0.5) is 5.69 Å². The van der Waals surface area contributed by atoms with Crippen LogP contribution in [0.2, 0.25) is 0 Å². The Morgan fingerprint density at radius 2 is 1.71 bits per heavy atom. The van der Waals surface area contributed by atoms with Gasteiger partial charge in [-0.05, 0) is 59.9 Å². The Morgan fingerprint density at radius 1 is 0.964 bits per heavy atom. The Morgan fingerprint density at radius 3 is 2.50 bits per heavy atom. The fourth-order valence-corrected chi connectivity index (χ4v) is 3.57. The number of carbonyl (C=O) groups is 1. The van der Waals surface area contributed by atoms with Gasteiger partial charge in [0.15, 0.2) is 0 Å². The van der Waals surface area contributed by atoms with Gasteiger partial charge >= 0.3 is 0 Å². The molecule has 0 fully saturated rings. The predicted molar refractivity (Wildman–Crippen MR) is 110 cm³/mol. The van der Waals surface area contributed by atoms with Crippen molar-refractivity contribution in [3.63, 3.8) is 0 Å². The molecule has 0 bridgehead atoms. The highest BCUT2D eigenvalue weighted by Gasteiger charge is 2.20. The number of anilines is 1. The van der Waals surface area contributed by atoms with Gasteiger partial charge in [0, 0.05) is 12.1 Å². The van der Waals surface area contributed by atoms with Crippen molar-refractivity contribution in [2.45, 2.75) is 31.8 Å². The number of hydrogen-bond acceptors (Lipinski definition) is 3. The topological polar surface area (TPSA) is 58.6 Å². The van der Waals surface area contributed by atoms with E-state index in [1.165, 1.54) is 5.56 Å². The first-order valence-corrected chi connectivity index (χ1v) is 9.58. The zero-order chi connectivity index (χ0) is 19.3. The standard InChI is InChI=1S/C24H23NO3/c26-19-12-11-18-5-4-8-23(22(18)16-19)25-24(27)15-17-9-13-21(14-10-17)28-20-6-2-1-3-7-20/h1-10,13-14,19,26H,11-12,15-16H2,(H,25,27). The van der Waals surface area contributed by atoms with Crippen molar-refractivity contribution >= 4 is 11.6 Å². The average Bonchev–Trinajstić information content (AvgIpc) is 2.71. The monoisotopic (exact) mass is 373 g/mol. The number of ether oxygens (including phenoxy) is 1. The van der Waals surface area contributed by atoms with Crippen LogP contribution in [0, 0.1) is 0 Å². The van der Waals surface area contributed by atoms with E-state index >= 15 is 0 Å². The van der Waals surface area contributed by atoms with Gasteiger partial charge in [0.2, 0.25) is 5.91 Å². The van der Waals surface area contributed by atoms with E-state index in [-0.39, 0.29) is 18.4 Å². The normalized spacial score (nSPS) is 15.5. The second kappa shape index (κ2) is 8.28. The minimum atomic E-state index is -0.331. The molecule has 0 heterocycles. The summed E-state index contributed by atoms with van der Waals surface area (Å²) in [6.07, 6.45) is 2.18. The Bertz CT molecular complexity index is 951. The number of hydrogen-bond donors (Lipinski definition) is 2. The lowest BCUT2D eigenvalue weighted by Gasteiger charge is -2.23. The van der Waals surface area contributed by atoms with Gasteiger partial charge < -0.3 is 15.2 Å². The highest BCUT2D eigenvalue weighted by Crippen LogP contribution is 2.28. The van der Waals surface area contributed by atoms with Gasteiger partial charge in [-0.3, -0.25) is 4.79 Å². The number of aliphatic hydroxyl groups excluding tert-OH is 1. The van der Waals surface area contributed by atoms with Crippen molar-refractivity contribution in [3.8, 4) is 11.5 Å². The number of fused-ring (bicyclic) bond motifs is 1. The van der Waals surface area contributed by atoms with Crippen LogP contribution in [0.3, 0.4) is 0 Å². The third kappa shape index (κ3) is 4.41. The maximum atomic E-state index is 12.5. The Balaban J connectivity index is 1.39. The molecular formula is C24H23NO3. The maximum Gasteiger partial charge on any atom is 0.228 e. The van der Waals surface area contributed by atoms with Gasteiger partial charge in [-0.1, -0.05) is 42.5 Å². The highest BCUT2D eigenvalue weighted by molar-refractivity contribution is 5.93. The minimum absolute atomic E-state index is 0.0646. The van der Waals surface area contributed by atoms with Crippen LogP contribution in [0.25, 0.3) is 0 Å². The molecule has 3 aromatic rings. The Hall–Kier alpha value is -3.11. The van der Waals surface area contributed by atoms with Crippen LogP contribution >= 0.6 is 0 Å². The maximum absolute atomic E-state index is 12.5. The third-order valence-electron chi connectivity index (χ3n) is 5.00. The van der Waals surface area contributed by atoms with E-state index in [0.29, 0.717) is 6.42 Å². The third-order valence-corrected chi connectivity index (χ3v) is 5.00. The summed E-state index contributed by atoms with van der Waals surface area (Å²) >= 11 is 0. The van der Waals surface area contributed by atoms with E-state index in [0.717, 1.165) is 41.2 Å². The minimum Gasteiger partial charge on any atom is -0.457 e. The molecule has 1 aliphatic carbocycles. The molecule has 142 valence electrons. The van der Waals surface area contributed by atoms with Crippen LogP contribution in [-0.2, 0) is 24.1 Å². The summed E-state index contributed by atoms with van der Waals surface area (Å²) in [4.78, 5) is 12.5. The van der Waals surface area contributed by atoms with E-state index in [2.05, 4.69) is 11.4 Å². The van der Waals surface area contributed by atoms with Gasteiger partial charge in [0.1, 0.15) is 11.5 Å². The molecule has 0 saturated carbocycles. The summed E-state index contributed by atoms with van der Waals surface area (Å²) < 4.78 is 5.78. The van der Waals surface area contributed by atoms with Gasteiger partial charge in [-0.15, -0.1) is 0 Å². The molecule has 28 heavy (non-hydrogen) atoms. The number of benzene rings is 3. The number of nitrogens with one attached hydrogen (secondary N) is 1. The molecule has 4 heteroatoms. The van der Waals surface area contributed by atoms with Gasteiger partial charge in [-0.25, -0.2) is 0 Å². The second-order valence-corrected chi connectivity index (χ2v) is 7.12. The average molecular weight is 373 g/mol. The van der Waals surface area contributed by atoms with Crippen molar-refractivity contribution in [2.24, 2.45) is 0 Å². The molecular weight excluding hydrogens is 350 g/mol. The molecule has 1 unspecified atom stereocenters. The Labute approximate surface area is 164 Å². The molecule has 0 saturated heterocycles. The lowest BCUT2D eigenvalue weighted by molar-refractivity contribution is -0.115. The summed E-state index contributed by atoms with van der Waals surface area (Å²) in [6.45, 7) is 0. The van der Waals surface area contributed by atoms with Crippen LogP contribution in [0.15, 0.2) is 72.8 Å². The lowest BCUT2D eigenvalue weighted by Crippen LogP contribution is -2.22. The molecule has 1 amide bonds. The summed E-state index contributed by atoms with van der Waals surface area (Å²) in [5.74, 6) is 1.45. The summed E-state index contributed by atoms with van der Waals surface area (Å²) in [5, 5.41) is 13.0. The number of para-hydroxylation sites is 1. The molecule has 1 atom stereocenters. The van der Waals surface area contributed by atoms with Gasteiger partial charge in [0.25, 0.3) is 0 Å². The number of carbonyl (C=O) groups excluding carboxylic acids is 1. The van der Waals surface area contributed by atoms with E-state index in [1.54, 1.807) is 0 Å². The van der Waals surface area contributed by atoms with Crippen LogP contribution < -0.4 is 10.1 Å². The van der Waals surface area contributed by atoms with E-state index in [1.807, 2.05) is 66.7 Å². The first-order chi connectivity index (χ1) is 13.7. The lowest BCUT2D eigenvalue weighted by atomic mass is 9.88.